The van der Waals surface area contributed by atoms with E-state index in [2.05, 4.69) is 11.4 Å². The smallest absolute Gasteiger partial charge is 0.170 e. The van der Waals surface area contributed by atoms with Crippen molar-refractivity contribution < 1.29 is 9.13 Å². The van der Waals surface area contributed by atoms with Crippen molar-refractivity contribution in [1.82, 2.24) is 5.32 Å². The maximum absolute atomic E-state index is 14.5. The Morgan fingerprint density at radius 3 is 2.60 bits per heavy atom. The summed E-state index contributed by atoms with van der Waals surface area (Å²) in [6, 6.07) is 13.2. The van der Waals surface area contributed by atoms with Gasteiger partial charge in [0.1, 0.15) is 0 Å². The second kappa shape index (κ2) is 6.53. The molecule has 2 aromatic carbocycles. The van der Waals surface area contributed by atoms with Gasteiger partial charge in [-0.25, -0.2) is 4.39 Å². The number of rotatable bonds is 5. The van der Waals surface area contributed by atoms with Crippen LogP contribution in [0.5, 0.6) is 5.75 Å². The first-order chi connectivity index (χ1) is 9.67. The molecule has 1 N–H and O–H groups in total. The maximum atomic E-state index is 14.5. The topological polar surface area (TPSA) is 21.3 Å². The van der Waals surface area contributed by atoms with E-state index in [4.69, 9.17) is 4.74 Å². The van der Waals surface area contributed by atoms with Crippen LogP contribution < -0.4 is 10.1 Å². The minimum Gasteiger partial charge on any atom is -0.494 e. The molecule has 20 heavy (non-hydrogen) atoms. The van der Waals surface area contributed by atoms with E-state index in [1.807, 2.05) is 38.1 Å². The van der Waals surface area contributed by atoms with Crippen LogP contribution in [0.1, 0.15) is 29.7 Å². The molecule has 0 aromatic heterocycles. The number of ether oxygens (including phenoxy) is 1. The third kappa shape index (κ3) is 2.99. The van der Waals surface area contributed by atoms with Crippen LogP contribution >= 0.6 is 0 Å². The van der Waals surface area contributed by atoms with E-state index in [0.717, 1.165) is 17.7 Å². The molecule has 0 bridgehead atoms. The maximum Gasteiger partial charge on any atom is 0.170 e. The van der Waals surface area contributed by atoms with Crippen LogP contribution in [0.2, 0.25) is 0 Å². The summed E-state index contributed by atoms with van der Waals surface area (Å²) >= 11 is 0. The van der Waals surface area contributed by atoms with Gasteiger partial charge in [0.05, 0.1) is 13.2 Å². The van der Waals surface area contributed by atoms with E-state index in [9.17, 15) is 4.39 Å². The van der Waals surface area contributed by atoms with Gasteiger partial charge in [-0.3, -0.25) is 0 Å². The van der Waals surface area contributed by atoms with E-state index in [-0.39, 0.29) is 17.6 Å². The largest absolute Gasteiger partial charge is 0.494 e. The zero-order valence-electron chi connectivity index (χ0n) is 12.1. The lowest BCUT2D eigenvalue weighted by Gasteiger charge is -2.20. The van der Waals surface area contributed by atoms with Crippen molar-refractivity contribution in [2.45, 2.75) is 19.9 Å². The molecule has 0 fully saturated rings. The molecule has 0 aliphatic rings. The number of halogens is 1. The molecule has 2 nitrogen and oxygen atoms in total. The van der Waals surface area contributed by atoms with Crippen molar-refractivity contribution in [3.63, 3.8) is 0 Å². The zero-order valence-corrected chi connectivity index (χ0v) is 12.1. The Kier molecular flexibility index (Phi) is 4.74. The summed E-state index contributed by atoms with van der Waals surface area (Å²) in [6.07, 6.45) is 0. The van der Waals surface area contributed by atoms with Crippen LogP contribution in [0.15, 0.2) is 42.5 Å². The summed E-state index contributed by atoms with van der Waals surface area (Å²) in [5.74, 6) is -0.0273. The normalized spacial score (nSPS) is 12.2. The molecular formula is C17H20FNO. The van der Waals surface area contributed by atoms with Crippen LogP contribution in [0.25, 0.3) is 0 Å². The van der Waals surface area contributed by atoms with Gasteiger partial charge >= 0.3 is 0 Å². The number of hydrogen-bond acceptors (Lipinski definition) is 2. The Hall–Kier alpha value is -1.87. The highest BCUT2D eigenvalue weighted by molar-refractivity contribution is 5.39. The highest BCUT2D eigenvalue weighted by atomic mass is 19.1. The molecule has 1 unspecified atom stereocenters. The van der Waals surface area contributed by atoms with E-state index < -0.39 is 0 Å². The number of aryl methyl sites for hydroxylation is 1. The van der Waals surface area contributed by atoms with Gasteiger partial charge < -0.3 is 10.1 Å². The molecule has 0 aliphatic heterocycles. The first-order valence-corrected chi connectivity index (χ1v) is 6.79. The van der Waals surface area contributed by atoms with Gasteiger partial charge in [-0.05, 0) is 25.1 Å². The van der Waals surface area contributed by atoms with Crippen molar-refractivity contribution in [3.8, 4) is 5.75 Å². The van der Waals surface area contributed by atoms with Crippen molar-refractivity contribution >= 4 is 0 Å². The van der Waals surface area contributed by atoms with Crippen LogP contribution in [0, 0.1) is 12.7 Å². The molecule has 0 amide bonds. The lowest BCUT2D eigenvalue weighted by atomic mass is 9.96. The number of benzene rings is 2. The minimum absolute atomic E-state index is 0.171. The van der Waals surface area contributed by atoms with E-state index >= 15 is 0 Å². The predicted molar refractivity (Wildman–Crippen MR) is 79.7 cm³/mol. The fraction of sp³-hybridized carbons (Fsp3) is 0.294. The van der Waals surface area contributed by atoms with E-state index in [0.29, 0.717) is 5.56 Å². The Balaban J connectivity index is 2.48. The Morgan fingerprint density at radius 1 is 1.20 bits per heavy atom. The molecule has 0 saturated carbocycles. The summed E-state index contributed by atoms with van der Waals surface area (Å²) in [4.78, 5) is 0. The highest BCUT2D eigenvalue weighted by Gasteiger charge is 2.19. The predicted octanol–water partition coefficient (Wildman–Crippen LogP) is 3.84. The number of hydrogen-bond donors (Lipinski definition) is 1. The lowest BCUT2D eigenvalue weighted by Crippen LogP contribution is -2.23. The monoisotopic (exact) mass is 273 g/mol. The molecule has 2 aromatic rings. The molecule has 3 heteroatoms. The number of methoxy groups -OCH3 is 1. The van der Waals surface area contributed by atoms with E-state index in [1.54, 1.807) is 12.1 Å². The molecule has 0 heterocycles. The van der Waals surface area contributed by atoms with Crippen molar-refractivity contribution in [2.24, 2.45) is 0 Å². The average molecular weight is 273 g/mol. The third-order valence-corrected chi connectivity index (χ3v) is 3.31. The fourth-order valence-electron chi connectivity index (χ4n) is 2.37. The summed E-state index contributed by atoms with van der Waals surface area (Å²) < 4.78 is 19.5. The molecule has 0 spiro atoms. The van der Waals surface area contributed by atoms with Crippen LogP contribution in [-0.2, 0) is 0 Å². The molecular weight excluding hydrogens is 253 g/mol. The summed E-state index contributed by atoms with van der Waals surface area (Å²) in [5, 5.41) is 3.34. The SMILES string of the molecule is CCNC(c1cccc(C)c1)c1cccc(OC)c1F. The summed E-state index contributed by atoms with van der Waals surface area (Å²) in [6.45, 7) is 4.81. The summed E-state index contributed by atoms with van der Waals surface area (Å²) in [7, 11) is 1.48. The van der Waals surface area contributed by atoms with E-state index in [1.165, 1.54) is 7.11 Å². The molecule has 0 saturated heterocycles. The Labute approximate surface area is 119 Å². The van der Waals surface area contributed by atoms with Gasteiger partial charge in [0.2, 0.25) is 0 Å². The number of nitrogens with one attached hydrogen (secondary N) is 1. The zero-order chi connectivity index (χ0) is 14.5. The quantitative estimate of drug-likeness (QED) is 0.893. The summed E-state index contributed by atoms with van der Waals surface area (Å²) in [5.41, 5.74) is 2.82. The third-order valence-electron chi connectivity index (χ3n) is 3.31. The Morgan fingerprint density at radius 2 is 1.95 bits per heavy atom. The molecule has 0 radical (unpaired) electrons. The molecule has 106 valence electrons. The van der Waals surface area contributed by atoms with Gasteiger partial charge in [0, 0.05) is 5.56 Å². The molecule has 2 rings (SSSR count). The lowest BCUT2D eigenvalue weighted by molar-refractivity contribution is 0.381. The fourth-order valence-corrected chi connectivity index (χ4v) is 2.37. The Bertz CT molecular complexity index is 583. The average Bonchev–Trinajstić information content (AvgIpc) is 2.45. The minimum atomic E-state index is -0.303. The van der Waals surface area contributed by atoms with Crippen LogP contribution in [0.3, 0.4) is 0 Å². The van der Waals surface area contributed by atoms with Gasteiger partial charge in [0.25, 0.3) is 0 Å². The van der Waals surface area contributed by atoms with Crippen molar-refractivity contribution in [1.29, 1.82) is 0 Å². The molecule has 0 aliphatic carbocycles. The standard InChI is InChI=1S/C17H20FNO/c1-4-19-17(13-8-5-7-12(2)11-13)14-9-6-10-15(20-3)16(14)18/h5-11,17,19H,4H2,1-3H3. The van der Waals surface area contributed by atoms with Crippen molar-refractivity contribution in [3.05, 3.63) is 65.0 Å². The van der Waals surface area contributed by atoms with Crippen molar-refractivity contribution in [2.75, 3.05) is 13.7 Å². The van der Waals surface area contributed by atoms with Crippen LogP contribution in [0.4, 0.5) is 4.39 Å². The van der Waals surface area contributed by atoms with Crippen LogP contribution in [-0.4, -0.2) is 13.7 Å². The second-order valence-electron chi connectivity index (χ2n) is 4.77. The van der Waals surface area contributed by atoms with Gasteiger partial charge in [-0.2, -0.15) is 0 Å². The van der Waals surface area contributed by atoms with Gasteiger partial charge in [0.15, 0.2) is 11.6 Å². The van der Waals surface area contributed by atoms with Gasteiger partial charge in [-0.1, -0.05) is 48.9 Å². The highest BCUT2D eigenvalue weighted by Crippen LogP contribution is 2.29. The second-order valence-corrected chi connectivity index (χ2v) is 4.77. The van der Waals surface area contributed by atoms with Gasteiger partial charge in [-0.15, -0.1) is 0 Å². The first kappa shape index (κ1) is 14.5. The molecule has 1 atom stereocenters. The first-order valence-electron chi connectivity index (χ1n) is 6.79.